The van der Waals surface area contributed by atoms with Crippen LogP contribution in [0.15, 0.2) is 0 Å². The third-order valence-electron chi connectivity index (χ3n) is 1.24. The number of rotatable bonds is 5. The van der Waals surface area contributed by atoms with Crippen molar-refractivity contribution in [2.45, 2.75) is 26.4 Å². The molecule has 2 N–H and O–H groups in total. The molecule has 0 saturated heterocycles. The Kier molecular flexibility index (Phi) is 5.66. The molecular formula is C9H20N2O2. The minimum Gasteiger partial charge on any atom is -0.459 e. The topological polar surface area (TPSA) is 50.4 Å². The molecular weight excluding hydrogens is 168 g/mol. The first-order chi connectivity index (χ1) is 5.95. The average Bonchev–Trinajstić information content (AvgIpc) is 1.94. The molecule has 0 atom stereocenters. The van der Waals surface area contributed by atoms with Gasteiger partial charge in [-0.05, 0) is 27.8 Å². The zero-order chi connectivity index (χ0) is 10.3. The molecule has 4 nitrogen and oxygen atoms in total. The summed E-state index contributed by atoms with van der Waals surface area (Å²) in [5.74, 6) is -0.205. The lowest BCUT2D eigenvalue weighted by Gasteiger charge is -2.19. The third kappa shape index (κ3) is 9.30. The van der Waals surface area contributed by atoms with Gasteiger partial charge in [-0.3, -0.25) is 4.79 Å². The summed E-state index contributed by atoms with van der Waals surface area (Å²) < 4.78 is 5.10. The van der Waals surface area contributed by atoms with Crippen molar-refractivity contribution in [2.24, 2.45) is 0 Å². The van der Waals surface area contributed by atoms with Crippen LogP contribution in [0.1, 0.15) is 20.8 Å². The predicted molar refractivity (Wildman–Crippen MR) is 52.6 cm³/mol. The molecule has 0 saturated carbocycles. The summed E-state index contributed by atoms with van der Waals surface area (Å²) in [6.07, 6.45) is 0. The number of ether oxygens (including phenoxy) is 1. The second-order valence-corrected chi connectivity index (χ2v) is 3.87. The molecule has 0 heterocycles. The highest BCUT2D eigenvalue weighted by Crippen LogP contribution is 2.05. The summed E-state index contributed by atoms with van der Waals surface area (Å²) >= 11 is 0. The van der Waals surface area contributed by atoms with Crippen molar-refractivity contribution in [2.75, 3.05) is 26.7 Å². The third-order valence-corrected chi connectivity index (χ3v) is 1.24. The Morgan fingerprint density at radius 1 is 1.31 bits per heavy atom. The molecule has 0 spiro atoms. The maximum atomic E-state index is 11.1. The van der Waals surface area contributed by atoms with Gasteiger partial charge in [0.15, 0.2) is 0 Å². The number of carbonyl (C=O) groups excluding carboxylic acids is 1. The molecule has 0 aromatic heterocycles. The Balaban J connectivity index is 3.41. The summed E-state index contributed by atoms with van der Waals surface area (Å²) in [7, 11) is 1.87. The Labute approximate surface area is 80.0 Å². The Hall–Kier alpha value is -0.610. The van der Waals surface area contributed by atoms with Crippen LogP contribution >= 0.6 is 0 Å². The summed E-state index contributed by atoms with van der Waals surface area (Å²) in [4.78, 5) is 11.1. The molecule has 0 unspecified atom stereocenters. The fourth-order valence-corrected chi connectivity index (χ4v) is 0.781. The van der Waals surface area contributed by atoms with Crippen LogP contribution in [0, 0.1) is 0 Å². The molecule has 78 valence electrons. The molecule has 0 radical (unpaired) electrons. The average molecular weight is 188 g/mol. The fraction of sp³-hybridized carbons (Fsp3) is 0.889. The zero-order valence-electron chi connectivity index (χ0n) is 8.94. The van der Waals surface area contributed by atoms with Gasteiger partial charge >= 0.3 is 5.97 Å². The molecule has 0 aromatic carbocycles. The van der Waals surface area contributed by atoms with Crippen LogP contribution in [-0.4, -0.2) is 38.3 Å². The largest absolute Gasteiger partial charge is 0.459 e. The monoisotopic (exact) mass is 188 g/mol. The van der Waals surface area contributed by atoms with Crippen LogP contribution in [0.3, 0.4) is 0 Å². The maximum absolute atomic E-state index is 11.1. The van der Waals surface area contributed by atoms with Gasteiger partial charge in [-0.2, -0.15) is 0 Å². The second-order valence-electron chi connectivity index (χ2n) is 3.87. The van der Waals surface area contributed by atoms with Crippen LogP contribution < -0.4 is 10.6 Å². The van der Waals surface area contributed by atoms with Crippen molar-refractivity contribution in [3.05, 3.63) is 0 Å². The fourth-order valence-electron chi connectivity index (χ4n) is 0.781. The minimum absolute atomic E-state index is 0.205. The van der Waals surface area contributed by atoms with Crippen LogP contribution in [-0.2, 0) is 9.53 Å². The van der Waals surface area contributed by atoms with E-state index in [1.807, 2.05) is 27.8 Å². The number of likely N-dealkylation sites (N-methyl/N-ethyl adjacent to an activating group) is 1. The van der Waals surface area contributed by atoms with Crippen molar-refractivity contribution >= 4 is 5.97 Å². The Morgan fingerprint density at radius 2 is 1.92 bits per heavy atom. The van der Waals surface area contributed by atoms with Gasteiger partial charge in [-0.1, -0.05) is 0 Å². The van der Waals surface area contributed by atoms with Gasteiger partial charge in [0.1, 0.15) is 5.60 Å². The number of hydrogen-bond donors (Lipinski definition) is 2. The van der Waals surface area contributed by atoms with E-state index < -0.39 is 0 Å². The van der Waals surface area contributed by atoms with E-state index in [0.29, 0.717) is 0 Å². The van der Waals surface area contributed by atoms with Gasteiger partial charge in [0.2, 0.25) is 0 Å². The SMILES string of the molecule is CNCCNCC(=O)OC(C)(C)C. The quantitative estimate of drug-likeness (QED) is 0.476. The standard InChI is InChI=1S/C9H20N2O2/c1-9(2,3)13-8(12)7-11-6-5-10-4/h10-11H,5-7H2,1-4H3. The first-order valence-corrected chi connectivity index (χ1v) is 4.53. The summed E-state index contributed by atoms with van der Waals surface area (Å²) in [5.41, 5.74) is -0.387. The Morgan fingerprint density at radius 3 is 2.38 bits per heavy atom. The number of hydrogen-bond acceptors (Lipinski definition) is 4. The molecule has 0 bridgehead atoms. The Bertz CT molecular complexity index is 152. The van der Waals surface area contributed by atoms with Gasteiger partial charge < -0.3 is 15.4 Å². The van der Waals surface area contributed by atoms with E-state index in [4.69, 9.17) is 4.74 Å². The first kappa shape index (κ1) is 12.4. The van der Waals surface area contributed by atoms with Gasteiger partial charge in [0.05, 0.1) is 6.54 Å². The molecule has 0 aliphatic rings. The molecule has 0 amide bonds. The predicted octanol–water partition coefficient (Wildman–Crippen LogP) is 0.137. The van der Waals surface area contributed by atoms with Gasteiger partial charge in [-0.25, -0.2) is 0 Å². The van der Waals surface area contributed by atoms with Crippen LogP contribution in [0.5, 0.6) is 0 Å². The van der Waals surface area contributed by atoms with E-state index in [1.165, 1.54) is 0 Å². The van der Waals surface area contributed by atoms with E-state index in [9.17, 15) is 4.79 Å². The highest BCUT2D eigenvalue weighted by Gasteiger charge is 2.15. The summed E-state index contributed by atoms with van der Waals surface area (Å²) in [6, 6.07) is 0. The van der Waals surface area contributed by atoms with Crippen molar-refractivity contribution in [3.63, 3.8) is 0 Å². The van der Waals surface area contributed by atoms with Crippen molar-refractivity contribution in [1.29, 1.82) is 0 Å². The minimum atomic E-state index is -0.387. The van der Waals surface area contributed by atoms with Gasteiger partial charge in [0.25, 0.3) is 0 Å². The van der Waals surface area contributed by atoms with E-state index in [1.54, 1.807) is 0 Å². The maximum Gasteiger partial charge on any atom is 0.320 e. The second kappa shape index (κ2) is 5.94. The number of esters is 1. The smallest absolute Gasteiger partial charge is 0.320 e. The van der Waals surface area contributed by atoms with Crippen LogP contribution in [0.25, 0.3) is 0 Å². The first-order valence-electron chi connectivity index (χ1n) is 4.53. The highest BCUT2D eigenvalue weighted by atomic mass is 16.6. The lowest BCUT2D eigenvalue weighted by atomic mass is 10.2. The molecule has 0 aromatic rings. The zero-order valence-corrected chi connectivity index (χ0v) is 8.94. The molecule has 13 heavy (non-hydrogen) atoms. The van der Waals surface area contributed by atoms with E-state index in [-0.39, 0.29) is 18.1 Å². The van der Waals surface area contributed by atoms with Crippen LogP contribution in [0.2, 0.25) is 0 Å². The van der Waals surface area contributed by atoms with Gasteiger partial charge in [0, 0.05) is 13.1 Å². The molecule has 0 fully saturated rings. The summed E-state index contributed by atoms with van der Waals surface area (Å²) in [5, 5.41) is 5.95. The van der Waals surface area contributed by atoms with E-state index in [0.717, 1.165) is 13.1 Å². The number of carbonyl (C=O) groups is 1. The van der Waals surface area contributed by atoms with Crippen molar-refractivity contribution in [3.8, 4) is 0 Å². The molecule has 0 rings (SSSR count). The van der Waals surface area contributed by atoms with E-state index in [2.05, 4.69) is 10.6 Å². The molecule has 4 heteroatoms. The van der Waals surface area contributed by atoms with Crippen molar-refractivity contribution < 1.29 is 9.53 Å². The molecule has 0 aliphatic carbocycles. The highest BCUT2D eigenvalue weighted by molar-refractivity contribution is 5.72. The normalized spacial score (nSPS) is 11.4. The lowest BCUT2D eigenvalue weighted by molar-refractivity contribution is -0.153. The van der Waals surface area contributed by atoms with Crippen LogP contribution in [0.4, 0.5) is 0 Å². The van der Waals surface area contributed by atoms with Gasteiger partial charge in [-0.15, -0.1) is 0 Å². The number of nitrogens with one attached hydrogen (secondary N) is 2. The lowest BCUT2D eigenvalue weighted by Crippen LogP contribution is -2.34. The van der Waals surface area contributed by atoms with E-state index >= 15 is 0 Å². The summed E-state index contributed by atoms with van der Waals surface area (Å²) in [6.45, 7) is 7.48. The van der Waals surface area contributed by atoms with Crippen molar-refractivity contribution in [1.82, 2.24) is 10.6 Å². The molecule has 0 aliphatic heterocycles.